The predicted molar refractivity (Wildman–Crippen MR) is 103 cm³/mol. The highest BCUT2D eigenvalue weighted by atomic mass is 35.5. The molecular weight excluding hydrogens is 411 g/mol. The van der Waals surface area contributed by atoms with Crippen molar-refractivity contribution in [2.45, 2.75) is 24.8 Å². The SMILES string of the molecule is COC(=O)c1c(C)oc(C)c1S(=O)(=O)N1CCNCC1c1cccc(F)c1.Cl. The van der Waals surface area contributed by atoms with Crippen molar-refractivity contribution in [1.29, 1.82) is 0 Å². The van der Waals surface area contributed by atoms with Gasteiger partial charge in [0.2, 0.25) is 10.0 Å². The van der Waals surface area contributed by atoms with Crippen LogP contribution in [0.3, 0.4) is 0 Å². The first-order valence-corrected chi connectivity index (χ1v) is 9.87. The first kappa shape index (κ1) is 22.4. The second-order valence-electron chi connectivity index (χ2n) is 6.30. The quantitative estimate of drug-likeness (QED) is 0.747. The van der Waals surface area contributed by atoms with Gasteiger partial charge in [-0.3, -0.25) is 0 Å². The summed E-state index contributed by atoms with van der Waals surface area (Å²) < 4.78 is 52.1. The third kappa shape index (κ3) is 3.93. The molecule has 1 unspecified atom stereocenters. The largest absolute Gasteiger partial charge is 0.465 e. The smallest absolute Gasteiger partial charge is 0.342 e. The van der Waals surface area contributed by atoms with Gasteiger partial charge in [0.05, 0.1) is 13.2 Å². The van der Waals surface area contributed by atoms with Gasteiger partial charge < -0.3 is 14.5 Å². The topological polar surface area (TPSA) is 88.8 Å². The monoisotopic (exact) mass is 432 g/mol. The van der Waals surface area contributed by atoms with Crippen LogP contribution in [0.2, 0.25) is 0 Å². The van der Waals surface area contributed by atoms with Crippen LogP contribution in [0.25, 0.3) is 0 Å². The van der Waals surface area contributed by atoms with Gasteiger partial charge in [0.25, 0.3) is 0 Å². The fraction of sp³-hybridized carbons (Fsp3) is 0.389. The van der Waals surface area contributed by atoms with Crippen LogP contribution in [0.1, 0.15) is 33.5 Å². The number of sulfonamides is 1. The highest BCUT2D eigenvalue weighted by molar-refractivity contribution is 7.89. The van der Waals surface area contributed by atoms with E-state index in [9.17, 15) is 17.6 Å². The van der Waals surface area contributed by atoms with Gasteiger partial charge in [-0.15, -0.1) is 12.4 Å². The van der Waals surface area contributed by atoms with E-state index in [1.807, 2.05) is 0 Å². The Labute approximate surface area is 169 Å². The molecule has 0 radical (unpaired) electrons. The van der Waals surface area contributed by atoms with Crippen LogP contribution >= 0.6 is 12.4 Å². The van der Waals surface area contributed by atoms with Gasteiger partial charge in [0.15, 0.2) is 0 Å². The molecule has 1 fully saturated rings. The number of halogens is 2. The fourth-order valence-electron chi connectivity index (χ4n) is 3.40. The summed E-state index contributed by atoms with van der Waals surface area (Å²) in [6.07, 6.45) is 0. The zero-order chi connectivity index (χ0) is 19.8. The Morgan fingerprint density at radius 2 is 2.04 bits per heavy atom. The minimum absolute atomic E-state index is 0. The molecule has 1 aliphatic rings. The summed E-state index contributed by atoms with van der Waals surface area (Å²) >= 11 is 0. The normalized spacial score (nSPS) is 17.8. The van der Waals surface area contributed by atoms with E-state index >= 15 is 0 Å². The van der Waals surface area contributed by atoms with E-state index in [0.29, 0.717) is 18.7 Å². The minimum Gasteiger partial charge on any atom is -0.465 e. The Kier molecular flexibility index (Phi) is 6.87. The average molecular weight is 433 g/mol. The third-order valence-corrected chi connectivity index (χ3v) is 6.65. The molecule has 0 amide bonds. The highest BCUT2D eigenvalue weighted by Crippen LogP contribution is 2.34. The molecule has 0 aliphatic carbocycles. The molecule has 2 aromatic rings. The number of aryl methyl sites for hydroxylation is 2. The summed E-state index contributed by atoms with van der Waals surface area (Å²) in [4.78, 5) is 12.0. The standard InChI is InChI=1S/C18H21FN2O5S.ClH/c1-11-16(18(22)25-3)17(12(2)26-11)27(23,24)21-8-7-20-10-15(21)13-5-4-6-14(19)9-13;/h4-6,9,15,20H,7-8,10H2,1-3H3;1H. The lowest BCUT2D eigenvalue weighted by atomic mass is 10.1. The Bertz CT molecular complexity index is 976. The van der Waals surface area contributed by atoms with Gasteiger partial charge in [-0.25, -0.2) is 17.6 Å². The van der Waals surface area contributed by atoms with Crippen LogP contribution in [-0.4, -0.2) is 45.4 Å². The average Bonchev–Trinajstić information content (AvgIpc) is 2.95. The third-order valence-electron chi connectivity index (χ3n) is 4.59. The van der Waals surface area contributed by atoms with Crippen molar-refractivity contribution in [1.82, 2.24) is 9.62 Å². The second-order valence-corrected chi connectivity index (χ2v) is 8.13. The first-order valence-electron chi connectivity index (χ1n) is 8.43. The van der Waals surface area contributed by atoms with Gasteiger partial charge >= 0.3 is 5.97 Å². The van der Waals surface area contributed by atoms with Gasteiger partial charge in [0.1, 0.15) is 27.8 Å². The van der Waals surface area contributed by atoms with Crippen molar-refractivity contribution in [2.24, 2.45) is 0 Å². The van der Waals surface area contributed by atoms with E-state index in [1.165, 1.54) is 43.5 Å². The van der Waals surface area contributed by atoms with Crippen molar-refractivity contribution < 1.29 is 26.8 Å². The summed E-state index contributed by atoms with van der Waals surface area (Å²) in [5.74, 6) is -0.929. The number of furan rings is 1. The van der Waals surface area contributed by atoms with Gasteiger partial charge in [-0.2, -0.15) is 4.31 Å². The number of rotatable bonds is 4. The van der Waals surface area contributed by atoms with E-state index in [-0.39, 0.29) is 40.9 Å². The van der Waals surface area contributed by atoms with Crippen LogP contribution in [0.4, 0.5) is 4.39 Å². The number of hydrogen-bond donors (Lipinski definition) is 1. The lowest BCUT2D eigenvalue weighted by Crippen LogP contribution is -2.48. The molecule has 1 N–H and O–H groups in total. The predicted octanol–water partition coefficient (Wildman–Crippen LogP) is 2.58. The molecule has 10 heteroatoms. The number of nitrogens with zero attached hydrogens (tertiary/aromatic N) is 1. The van der Waals surface area contributed by atoms with E-state index in [0.717, 1.165) is 0 Å². The molecule has 28 heavy (non-hydrogen) atoms. The Morgan fingerprint density at radius 1 is 1.32 bits per heavy atom. The maximum absolute atomic E-state index is 13.7. The molecule has 2 heterocycles. The Hall–Kier alpha value is -1.94. The minimum atomic E-state index is -4.09. The molecule has 3 rings (SSSR count). The number of hydrogen-bond acceptors (Lipinski definition) is 6. The van der Waals surface area contributed by atoms with Gasteiger partial charge in [-0.05, 0) is 31.5 Å². The maximum Gasteiger partial charge on any atom is 0.342 e. The number of esters is 1. The summed E-state index contributed by atoms with van der Waals surface area (Å²) in [6, 6.07) is 5.22. The Morgan fingerprint density at radius 3 is 2.68 bits per heavy atom. The van der Waals surface area contributed by atoms with E-state index in [2.05, 4.69) is 5.32 Å². The molecule has 1 aliphatic heterocycles. The van der Waals surface area contributed by atoms with Crippen LogP contribution in [0.5, 0.6) is 0 Å². The summed E-state index contributed by atoms with van der Waals surface area (Å²) in [5.41, 5.74) is 0.426. The number of ether oxygens (including phenoxy) is 1. The molecular formula is C18H22ClFN2O5S. The zero-order valence-corrected chi connectivity index (χ0v) is 17.3. The van der Waals surface area contributed by atoms with Crippen molar-refractivity contribution in [3.8, 4) is 0 Å². The number of carbonyl (C=O) groups is 1. The molecule has 1 atom stereocenters. The van der Waals surface area contributed by atoms with Crippen molar-refractivity contribution in [3.05, 3.63) is 52.7 Å². The molecule has 1 aromatic carbocycles. The van der Waals surface area contributed by atoms with Crippen molar-refractivity contribution in [2.75, 3.05) is 26.7 Å². The number of nitrogens with one attached hydrogen (secondary N) is 1. The van der Waals surface area contributed by atoms with Crippen LogP contribution in [0.15, 0.2) is 33.6 Å². The van der Waals surface area contributed by atoms with Crippen molar-refractivity contribution >= 4 is 28.4 Å². The lowest BCUT2D eigenvalue weighted by Gasteiger charge is -2.35. The zero-order valence-electron chi connectivity index (χ0n) is 15.7. The van der Waals surface area contributed by atoms with Crippen LogP contribution < -0.4 is 5.32 Å². The number of benzene rings is 1. The fourth-order valence-corrected chi connectivity index (χ4v) is 5.39. The molecule has 7 nitrogen and oxygen atoms in total. The Balaban J connectivity index is 0.00000280. The molecule has 0 saturated carbocycles. The molecule has 154 valence electrons. The van der Waals surface area contributed by atoms with E-state index in [4.69, 9.17) is 9.15 Å². The summed E-state index contributed by atoms with van der Waals surface area (Å²) in [7, 11) is -2.91. The molecule has 1 saturated heterocycles. The first-order chi connectivity index (χ1) is 12.8. The number of methoxy groups -OCH3 is 1. The maximum atomic E-state index is 13.7. The molecule has 1 aromatic heterocycles. The van der Waals surface area contributed by atoms with E-state index in [1.54, 1.807) is 6.07 Å². The van der Waals surface area contributed by atoms with Crippen molar-refractivity contribution in [3.63, 3.8) is 0 Å². The highest BCUT2D eigenvalue weighted by Gasteiger charge is 2.40. The lowest BCUT2D eigenvalue weighted by molar-refractivity contribution is 0.0594. The molecule has 0 bridgehead atoms. The summed E-state index contributed by atoms with van der Waals surface area (Å²) in [6.45, 7) is 3.94. The van der Waals surface area contributed by atoms with Gasteiger partial charge in [0, 0.05) is 19.6 Å². The summed E-state index contributed by atoms with van der Waals surface area (Å²) in [5, 5.41) is 3.13. The second kappa shape index (κ2) is 8.60. The van der Waals surface area contributed by atoms with Crippen LogP contribution in [0, 0.1) is 19.7 Å². The number of carbonyl (C=O) groups excluding carboxylic acids is 1. The van der Waals surface area contributed by atoms with E-state index < -0.39 is 27.9 Å². The molecule has 0 spiro atoms. The number of piperazine rings is 1. The van der Waals surface area contributed by atoms with Crippen LogP contribution in [-0.2, 0) is 14.8 Å². The van der Waals surface area contributed by atoms with Gasteiger partial charge in [-0.1, -0.05) is 12.1 Å².